The van der Waals surface area contributed by atoms with Gasteiger partial charge in [-0.15, -0.1) is 0 Å². The number of hydrogen-bond donors (Lipinski definition) is 0. The maximum absolute atomic E-state index is 13.2. The van der Waals surface area contributed by atoms with E-state index in [4.69, 9.17) is 9.26 Å². The molecule has 27 heavy (non-hydrogen) atoms. The molecule has 2 amide bonds. The first-order valence-electron chi connectivity index (χ1n) is 9.30. The van der Waals surface area contributed by atoms with E-state index in [9.17, 15) is 9.59 Å². The highest BCUT2D eigenvalue weighted by Gasteiger charge is 2.67. The van der Waals surface area contributed by atoms with E-state index in [1.165, 1.54) is 0 Å². The predicted octanol–water partition coefficient (Wildman–Crippen LogP) is 1.16. The summed E-state index contributed by atoms with van der Waals surface area (Å²) in [4.78, 5) is 33.9. The topological polar surface area (TPSA) is 88.8 Å². The van der Waals surface area contributed by atoms with E-state index in [1.54, 1.807) is 18.9 Å². The zero-order valence-corrected chi connectivity index (χ0v) is 16.4. The Morgan fingerprint density at radius 3 is 2.81 bits per heavy atom. The van der Waals surface area contributed by atoms with E-state index < -0.39 is 17.4 Å². The van der Waals surface area contributed by atoms with Crippen molar-refractivity contribution in [3.8, 4) is 0 Å². The van der Waals surface area contributed by atoms with Crippen molar-refractivity contribution in [1.29, 1.82) is 0 Å². The summed E-state index contributed by atoms with van der Waals surface area (Å²) in [5.41, 5.74) is -0.684. The highest BCUT2D eigenvalue weighted by molar-refractivity contribution is 5.93. The molecule has 0 radical (unpaired) electrons. The van der Waals surface area contributed by atoms with Crippen molar-refractivity contribution in [2.75, 3.05) is 20.1 Å². The van der Waals surface area contributed by atoms with E-state index >= 15 is 0 Å². The molecule has 1 aromatic rings. The van der Waals surface area contributed by atoms with Gasteiger partial charge in [-0.25, -0.2) is 0 Å². The zero-order valence-electron chi connectivity index (χ0n) is 16.4. The van der Waals surface area contributed by atoms with Crippen molar-refractivity contribution in [3.63, 3.8) is 0 Å². The van der Waals surface area contributed by atoms with Crippen molar-refractivity contribution in [2.24, 2.45) is 17.3 Å². The smallest absolute Gasteiger partial charge is 0.230 e. The van der Waals surface area contributed by atoms with Crippen LogP contribution >= 0.6 is 0 Å². The van der Waals surface area contributed by atoms with Crippen molar-refractivity contribution in [1.82, 2.24) is 19.9 Å². The van der Waals surface area contributed by atoms with Gasteiger partial charge in [-0.3, -0.25) is 9.59 Å². The van der Waals surface area contributed by atoms with E-state index in [2.05, 4.69) is 30.9 Å². The minimum atomic E-state index is -0.670. The Balaban J connectivity index is 1.54. The lowest BCUT2D eigenvalue weighted by atomic mass is 9.76. The molecule has 0 N–H and O–H groups in total. The minimum Gasteiger partial charge on any atom is -0.360 e. The second kappa shape index (κ2) is 5.89. The largest absolute Gasteiger partial charge is 0.360 e. The second-order valence-electron chi connectivity index (χ2n) is 9.08. The number of rotatable bonds is 4. The molecule has 0 aliphatic carbocycles. The van der Waals surface area contributed by atoms with Gasteiger partial charge in [0.1, 0.15) is 5.60 Å². The summed E-state index contributed by atoms with van der Waals surface area (Å²) in [5.74, 6) is -0.171. The maximum Gasteiger partial charge on any atom is 0.230 e. The van der Waals surface area contributed by atoms with Gasteiger partial charge in [0.15, 0.2) is 5.82 Å². The standard InChI is InChI=1S/C19H26N4O4/c1-11-20-13(21-27-11)8-22(5)16(24)14-12-6-7-19(26-12)10-23(9-18(2,3)4)17(25)15(14)19/h6-7,12,14-15H,8-10H2,1-5H3/t12-,14-,15+,19-/m0/s1. The minimum absolute atomic E-state index is 0.0129. The van der Waals surface area contributed by atoms with Crippen LogP contribution in [0.1, 0.15) is 32.5 Å². The van der Waals surface area contributed by atoms with E-state index in [0.717, 1.165) is 0 Å². The predicted molar refractivity (Wildman–Crippen MR) is 95.3 cm³/mol. The first-order valence-corrected chi connectivity index (χ1v) is 9.30. The van der Waals surface area contributed by atoms with Crippen LogP contribution in [0.5, 0.6) is 0 Å². The third kappa shape index (κ3) is 2.96. The quantitative estimate of drug-likeness (QED) is 0.735. The number of nitrogens with zero attached hydrogens (tertiary/aromatic N) is 4. The molecule has 1 spiro atoms. The molecular weight excluding hydrogens is 348 g/mol. The molecule has 2 fully saturated rings. The van der Waals surface area contributed by atoms with Gasteiger partial charge in [0, 0.05) is 20.5 Å². The van der Waals surface area contributed by atoms with Crippen molar-refractivity contribution in [3.05, 3.63) is 23.9 Å². The molecule has 0 saturated carbocycles. The number of carbonyl (C=O) groups excluding carboxylic acids is 2. The molecule has 8 nitrogen and oxygen atoms in total. The molecule has 0 aromatic carbocycles. The van der Waals surface area contributed by atoms with Gasteiger partial charge in [0.05, 0.1) is 31.0 Å². The van der Waals surface area contributed by atoms with Gasteiger partial charge < -0.3 is 19.1 Å². The monoisotopic (exact) mass is 374 g/mol. The number of hydrogen-bond acceptors (Lipinski definition) is 6. The van der Waals surface area contributed by atoms with Crippen molar-refractivity contribution in [2.45, 2.75) is 45.9 Å². The highest BCUT2D eigenvalue weighted by Crippen LogP contribution is 2.52. The summed E-state index contributed by atoms with van der Waals surface area (Å²) in [6.07, 6.45) is 3.56. The van der Waals surface area contributed by atoms with Crippen molar-refractivity contribution < 1.29 is 18.8 Å². The number of aromatic nitrogens is 2. The van der Waals surface area contributed by atoms with E-state index in [-0.39, 0.29) is 29.9 Å². The SMILES string of the molecule is Cc1nc(CN(C)C(=O)[C@H]2[C@@H]3C=C[C@@]4(CN(CC(C)(C)C)C(=O)[C@@H]24)O3)no1. The number of likely N-dealkylation sites (tertiary alicyclic amines) is 1. The Bertz CT molecular complexity index is 811. The fourth-order valence-electron chi connectivity index (χ4n) is 4.52. The van der Waals surface area contributed by atoms with E-state index in [1.807, 2.05) is 17.1 Å². The lowest BCUT2D eigenvalue weighted by Gasteiger charge is -2.29. The summed E-state index contributed by atoms with van der Waals surface area (Å²) in [5, 5.41) is 3.84. The van der Waals surface area contributed by atoms with Gasteiger partial charge in [0.2, 0.25) is 17.7 Å². The Labute approximate surface area is 158 Å². The third-order valence-corrected chi connectivity index (χ3v) is 5.45. The summed E-state index contributed by atoms with van der Waals surface area (Å²) in [6.45, 7) is 9.40. The average Bonchev–Trinajstić information content (AvgIpc) is 3.28. The first kappa shape index (κ1) is 18.2. The Morgan fingerprint density at radius 1 is 1.44 bits per heavy atom. The Morgan fingerprint density at radius 2 is 2.19 bits per heavy atom. The number of carbonyl (C=O) groups is 2. The summed E-state index contributed by atoms with van der Waals surface area (Å²) in [7, 11) is 1.70. The van der Waals surface area contributed by atoms with Gasteiger partial charge in [0.25, 0.3) is 0 Å². The molecule has 4 rings (SSSR count). The molecule has 4 atom stereocenters. The van der Waals surface area contributed by atoms with Gasteiger partial charge in [-0.1, -0.05) is 38.1 Å². The number of ether oxygens (including phenoxy) is 1. The van der Waals surface area contributed by atoms with Crippen LogP contribution in [0, 0.1) is 24.2 Å². The fraction of sp³-hybridized carbons (Fsp3) is 0.684. The Hall–Kier alpha value is -2.22. The van der Waals surface area contributed by atoms with Crippen LogP contribution in [0.4, 0.5) is 0 Å². The summed E-state index contributed by atoms with van der Waals surface area (Å²) < 4.78 is 11.1. The van der Waals surface area contributed by atoms with Crippen LogP contribution in [0.25, 0.3) is 0 Å². The van der Waals surface area contributed by atoms with E-state index in [0.29, 0.717) is 24.8 Å². The lowest BCUT2D eigenvalue weighted by molar-refractivity contribution is -0.143. The second-order valence-corrected chi connectivity index (χ2v) is 9.08. The molecule has 8 heteroatoms. The Kier molecular flexibility index (Phi) is 3.96. The van der Waals surface area contributed by atoms with Crippen LogP contribution in [0.15, 0.2) is 16.7 Å². The third-order valence-electron chi connectivity index (χ3n) is 5.45. The summed E-state index contributed by atoms with van der Waals surface area (Å²) in [6, 6.07) is 0. The van der Waals surface area contributed by atoms with Gasteiger partial charge in [-0.05, 0) is 5.41 Å². The number of fused-ring (bicyclic) bond motifs is 1. The first-order chi connectivity index (χ1) is 12.6. The molecule has 4 heterocycles. The van der Waals surface area contributed by atoms with Crippen LogP contribution < -0.4 is 0 Å². The molecule has 3 aliphatic heterocycles. The number of amides is 2. The van der Waals surface area contributed by atoms with Crippen LogP contribution in [-0.4, -0.2) is 63.6 Å². The highest BCUT2D eigenvalue weighted by atomic mass is 16.5. The molecule has 0 unspecified atom stereocenters. The molecule has 3 aliphatic rings. The zero-order chi connectivity index (χ0) is 19.6. The van der Waals surface area contributed by atoms with Crippen LogP contribution in [0.2, 0.25) is 0 Å². The van der Waals surface area contributed by atoms with Crippen LogP contribution in [-0.2, 0) is 20.9 Å². The fourth-order valence-corrected chi connectivity index (χ4v) is 4.52. The lowest BCUT2D eigenvalue weighted by Crippen LogP contribution is -2.45. The van der Waals surface area contributed by atoms with Crippen molar-refractivity contribution >= 4 is 11.8 Å². The van der Waals surface area contributed by atoms with Gasteiger partial charge in [-0.2, -0.15) is 4.98 Å². The number of aryl methyl sites for hydroxylation is 1. The molecule has 1 aromatic heterocycles. The maximum atomic E-state index is 13.2. The average molecular weight is 374 g/mol. The molecule has 2 bridgehead atoms. The molecule has 146 valence electrons. The normalized spacial score (nSPS) is 31.7. The van der Waals surface area contributed by atoms with Crippen LogP contribution in [0.3, 0.4) is 0 Å². The van der Waals surface area contributed by atoms with Gasteiger partial charge >= 0.3 is 0 Å². The molecular formula is C19H26N4O4. The molecule has 2 saturated heterocycles. The summed E-state index contributed by atoms with van der Waals surface area (Å²) >= 11 is 0.